The summed E-state index contributed by atoms with van der Waals surface area (Å²) in [6.45, 7) is 0. The maximum Gasteiger partial charge on any atom is 0.269 e. The van der Waals surface area contributed by atoms with Crippen molar-refractivity contribution in [2.24, 2.45) is 0 Å². The van der Waals surface area contributed by atoms with Crippen molar-refractivity contribution < 1.29 is 9.72 Å². The van der Waals surface area contributed by atoms with Crippen LogP contribution in [-0.2, 0) is 0 Å². The Morgan fingerprint density at radius 3 is 2.37 bits per heavy atom. The third-order valence-electron chi connectivity index (χ3n) is 4.05. The summed E-state index contributed by atoms with van der Waals surface area (Å²) in [5.74, 6) is 0.516. The van der Waals surface area contributed by atoms with Crippen LogP contribution in [0.1, 0.15) is 28.4 Å². The summed E-state index contributed by atoms with van der Waals surface area (Å²) in [4.78, 5) is 27.2. The maximum absolute atomic E-state index is 12.7. The SMILES string of the molecule is O=C(CC(Nc1ccccn1)c1ccc(Cl)cc1)c1ccc([N+](=O)[O-])cc1. The van der Waals surface area contributed by atoms with E-state index in [9.17, 15) is 14.9 Å². The maximum atomic E-state index is 12.7. The number of rotatable bonds is 7. The zero-order valence-corrected chi connectivity index (χ0v) is 15.0. The van der Waals surface area contributed by atoms with Crippen molar-refractivity contribution in [2.45, 2.75) is 12.5 Å². The van der Waals surface area contributed by atoms with Crippen molar-refractivity contribution in [1.82, 2.24) is 4.98 Å². The van der Waals surface area contributed by atoms with E-state index in [0.29, 0.717) is 16.4 Å². The molecule has 6 nitrogen and oxygen atoms in total. The Kier molecular flexibility index (Phi) is 5.78. The Hall–Kier alpha value is -3.25. The molecule has 2 aromatic carbocycles. The van der Waals surface area contributed by atoms with Gasteiger partial charge in [0.05, 0.1) is 11.0 Å². The van der Waals surface area contributed by atoms with Crippen LogP contribution in [0, 0.1) is 10.1 Å². The number of nitro benzene ring substituents is 1. The molecule has 7 heteroatoms. The van der Waals surface area contributed by atoms with Gasteiger partial charge >= 0.3 is 0 Å². The van der Waals surface area contributed by atoms with Crippen molar-refractivity contribution in [3.05, 3.63) is 99.2 Å². The molecule has 0 saturated heterocycles. The number of aromatic nitrogens is 1. The Balaban J connectivity index is 1.82. The van der Waals surface area contributed by atoms with Gasteiger partial charge in [-0.25, -0.2) is 4.98 Å². The van der Waals surface area contributed by atoms with Crippen molar-refractivity contribution in [3.63, 3.8) is 0 Å². The summed E-state index contributed by atoms with van der Waals surface area (Å²) >= 11 is 5.96. The molecule has 1 unspecified atom stereocenters. The molecule has 3 aromatic rings. The van der Waals surface area contributed by atoms with Gasteiger partial charge in [-0.2, -0.15) is 0 Å². The second-order valence-corrected chi connectivity index (χ2v) is 6.33. The third kappa shape index (κ3) is 4.89. The van der Waals surface area contributed by atoms with Gasteiger partial charge in [0.2, 0.25) is 0 Å². The van der Waals surface area contributed by atoms with Gasteiger partial charge in [-0.15, -0.1) is 0 Å². The van der Waals surface area contributed by atoms with Crippen LogP contribution in [-0.4, -0.2) is 15.7 Å². The Morgan fingerprint density at radius 2 is 1.78 bits per heavy atom. The summed E-state index contributed by atoms with van der Waals surface area (Å²) in [6.07, 6.45) is 1.83. The molecule has 0 saturated carbocycles. The predicted molar refractivity (Wildman–Crippen MR) is 104 cm³/mol. The standard InChI is InChI=1S/C20H16ClN3O3/c21-16-8-4-14(5-9-16)18(23-20-3-1-2-12-22-20)13-19(25)15-6-10-17(11-7-15)24(26)27/h1-12,18H,13H2,(H,22,23). The van der Waals surface area contributed by atoms with Crippen molar-refractivity contribution >= 4 is 28.9 Å². The zero-order chi connectivity index (χ0) is 19.2. The molecule has 1 aromatic heterocycles. The molecule has 1 N–H and O–H groups in total. The van der Waals surface area contributed by atoms with Gasteiger partial charge in [0.15, 0.2) is 5.78 Å². The Labute approximate surface area is 161 Å². The number of carbonyl (C=O) groups excluding carboxylic acids is 1. The van der Waals surface area contributed by atoms with E-state index >= 15 is 0 Å². The molecule has 0 bridgehead atoms. The Bertz CT molecular complexity index is 929. The van der Waals surface area contributed by atoms with Crippen LogP contribution in [0.2, 0.25) is 5.02 Å². The van der Waals surface area contributed by atoms with E-state index in [4.69, 9.17) is 11.6 Å². The zero-order valence-electron chi connectivity index (χ0n) is 14.2. The molecular weight excluding hydrogens is 366 g/mol. The normalized spacial score (nSPS) is 11.6. The highest BCUT2D eigenvalue weighted by molar-refractivity contribution is 6.30. The number of anilines is 1. The summed E-state index contributed by atoms with van der Waals surface area (Å²) < 4.78 is 0. The van der Waals surface area contributed by atoms with Crippen LogP contribution >= 0.6 is 11.6 Å². The summed E-state index contributed by atoms with van der Waals surface area (Å²) in [5, 5.41) is 14.6. The molecule has 0 aliphatic rings. The number of non-ortho nitro benzene ring substituents is 1. The number of pyridine rings is 1. The molecule has 1 heterocycles. The van der Waals surface area contributed by atoms with E-state index in [1.54, 1.807) is 18.3 Å². The van der Waals surface area contributed by atoms with Crippen LogP contribution in [0.25, 0.3) is 0 Å². The van der Waals surface area contributed by atoms with Crippen LogP contribution < -0.4 is 5.32 Å². The lowest BCUT2D eigenvalue weighted by Crippen LogP contribution is -2.16. The molecule has 0 spiro atoms. The van der Waals surface area contributed by atoms with Crippen LogP contribution in [0.15, 0.2) is 72.9 Å². The van der Waals surface area contributed by atoms with E-state index in [1.165, 1.54) is 24.3 Å². The first-order valence-electron chi connectivity index (χ1n) is 8.23. The van der Waals surface area contributed by atoms with E-state index < -0.39 is 4.92 Å². The third-order valence-corrected chi connectivity index (χ3v) is 4.30. The minimum atomic E-state index is -0.493. The van der Waals surface area contributed by atoms with Gasteiger partial charge in [0.1, 0.15) is 5.82 Å². The number of ketones is 1. The molecule has 0 radical (unpaired) electrons. The molecular formula is C20H16ClN3O3. The topological polar surface area (TPSA) is 85.1 Å². The largest absolute Gasteiger partial charge is 0.363 e. The smallest absolute Gasteiger partial charge is 0.269 e. The molecule has 0 amide bonds. The quantitative estimate of drug-likeness (QED) is 0.351. The highest BCUT2D eigenvalue weighted by Crippen LogP contribution is 2.25. The first-order valence-corrected chi connectivity index (χ1v) is 8.61. The monoisotopic (exact) mass is 381 g/mol. The fraction of sp³-hybridized carbons (Fsp3) is 0.100. The first-order chi connectivity index (χ1) is 13.0. The number of hydrogen-bond donors (Lipinski definition) is 1. The van der Waals surface area contributed by atoms with Crippen molar-refractivity contribution in [2.75, 3.05) is 5.32 Å². The number of halogens is 1. The summed E-state index contributed by atoms with van der Waals surface area (Å²) in [6, 6.07) is 18.0. The Morgan fingerprint density at radius 1 is 1.07 bits per heavy atom. The second kappa shape index (κ2) is 8.42. The minimum Gasteiger partial charge on any atom is -0.363 e. The van der Waals surface area contributed by atoms with Gasteiger partial charge in [-0.3, -0.25) is 14.9 Å². The fourth-order valence-corrected chi connectivity index (χ4v) is 2.77. The number of carbonyl (C=O) groups is 1. The van der Waals surface area contributed by atoms with E-state index in [-0.39, 0.29) is 23.9 Å². The molecule has 136 valence electrons. The number of nitrogens with zero attached hydrogens (tertiary/aromatic N) is 2. The number of hydrogen-bond acceptors (Lipinski definition) is 5. The fourth-order valence-electron chi connectivity index (χ4n) is 2.65. The van der Waals surface area contributed by atoms with Crippen LogP contribution in [0.5, 0.6) is 0 Å². The number of benzene rings is 2. The highest BCUT2D eigenvalue weighted by atomic mass is 35.5. The van der Waals surface area contributed by atoms with Crippen molar-refractivity contribution in [3.8, 4) is 0 Å². The van der Waals surface area contributed by atoms with Gasteiger partial charge in [0.25, 0.3) is 5.69 Å². The lowest BCUT2D eigenvalue weighted by Gasteiger charge is -2.19. The lowest BCUT2D eigenvalue weighted by atomic mass is 9.97. The van der Waals surface area contributed by atoms with Gasteiger partial charge in [-0.05, 0) is 42.0 Å². The number of Topliss-reactive ketones (excluding diaryl/α,β-unsaturated/α-hetero) is 1. The minimum absolute atomic E-state index is 0.0487. The average Bonchev–Trinajstić information content (AvgIpc) is 2.69. The molecule has 27 heavy (non-hydrogen) atoms. The first kappa shape index (κ1) is 18.5. The average molecular weight is 382 g/mol. The van der Waals surface area contributed by atoms with Crippen LogP contribution in [0.4, 0.5) is 11.5 Å². The molecule has 0 fully saturated rings. The van der Waals surface area contributed by atoms with E-state index in [1.807, 2.05) is 30.3 Å². The lowest BCUT2D eigenvalue weighted by molar-refractivity contribution is -0.384. The number of nitro groups is 1. The summed E-state index contributed by atoms with van der Waals surface area (Å²) in [5.41, 5.74) is 1.26. The van der Waals surface area contributed by atoms with Gasteiger partial charge in [0, 0.05) is 35.3 Å². The number of nitrogens with one attached hydrogen (secondary N) is 1. The van der Waals surface area contributed by atoms with E-state index in [2.05, 4.69) is 10.3 Å². The molecule has 0 aliphatic carbocycles. The summed E-state index contributed by atoms with van der Waals surface area (Å²) in [7, 11) is 0. The molecule has 0 aliphatic heterocycles. The van der Waals surface area contributed by atoms with Gasteiger partial charge < -0.3 is 5.32 Å². The van der Waals surface area contributed by atoms with Gasteiger partial charge in [-0.1, -0.05) is 29.8 Å². The van der Waals surface area contributed by atoms with E-state index in [0.717, 1.165) is 5.56 Å². The predicted octanol–water partition coefficient (Wildman–Crippen LogP) is 5.07. The second-order valence-electron chi connectivity index (χ2n) is 5.89. The van der Waals surface area contributed by atoms with Crippen molar-refractivity contribution in [1.29, 1.82) is 0 Å². The molecule has 1 atom stereocenters. The highest BCUT2D eigenvalue weighted by Gasteiger charge is 2.18. The van der Waals surface area contributed by atoms with Crippen LogP contribution in [0.3, 0.4) is 0 Å². The molecule has 3 rings (SSSR count).